The van der Waals surface area contributed by atoms with Crippen molar-refractivity contribution in [3.63, 3.8) is 0 Å². The fraction of sp³-hybridized carbons (Fsp3) is 0.154. The van der Waals surface area contributed by atoms with Crippen LogP contribution in [0.5, 0.6) is 11.8 Å². The second-order valence-electron chi connectivity index (χ2n) is 14.2. The van der Waals surface area contributed by atoms with Crippen LogP contribution >= 0.6 is 0 Å². The van der Waals surface area contributed by atoms with Crippen molar-refractivity contribution in [2.45, 2.75) is 39.3 Å². The molecule has 0 unspecified atom stereocenters. The summed E-state index contributed by atoms with van der Waals surface area (Å²) >= 11 is 0. The van der Waals surface area contributed by atoms with Crippen molar-refractivity contribution in [3.05, 3.63) is 109 Å². The predicted octanol–water partition coefficient (Wildman–Crippen LogP) is 9.39. The number of furan rings is 1. The first-order valence-electron chi connectivity index (χ1n) is 16.0. The molecule has 0 saturated carbocycles. The first-order valence-corrected chi connectivity index (χ1v) is 23.0. The number of benzene rings is 3. The number of hydrogen-bond acceptors (Lipinski definition) is 5. The van der Waals surface area contributed by atoms with Crippen molar-refractivity contribution in [3.8, 4) is 34.3 Å². The third-order valence-electron chi connectivity index (χ3n) is 8.85. The Morgan fingerprint density at radius 3 is 2.23 bits per heavy atom. The van der Waals surface area contributed by atoms with Crippen LogP contribution in [0.2, 0.25) is 39.3 Å². The second-order valence-corrected chi connectivity index (χ2v) is 24.3. The lowest BCUT2D eigenvalue weighted by Gasteiger charge is -2.20. The maximum absolute atomic E-state index is 6.58. The summed E-state index contributed by atoms with van der Waals surface area (Å²) in [6.07, 6.45) is 2.03. The fourth-order valence-electron chi connectivity index (χ4n) is 6.31. The number of para-hydroxylation sites is 3. The molecule has 5 aromatic heterocycles. The van der Waals surface area contributed by atoms with Crippen LogP contribution in [0.4, 0.5) is 0 Å². The third-order valence-corrected chi connectivity index (χ3v) is 12.9. The van der Waals surface area contributed by atoms with E-state index in [1.807, 2.05) is 48.7 Å². The van der Waals surface area contributed by atoms with Crippen molar-refractivity contribution in [2.24, 2.45) is 0 Å². The van der Waals surface area contributed by atoms with Crippen LogP contribution in [-0.4, -0.2) is 35.5 Å². The second kappa shape index (κ2) is 10.8. The van der Waals surface area contributed by atoms with E-state index in [2.05, 4.69) is 104 Å². The zero-order chi connectivity index (χ0) is 32.5. The van der Waals surface area contributed by atoms with Crippen LogP contribution in [0.1, 0.15) is 0 Å². The van der Waals surface area contributed by atoms with E-state index < -0.39 is 16.1 Å². The highest BCUT2D eigenvalue weighted by atomic mass is 28.3. The predicted molar refractivity (Wildman–Crippen MR) is 199 cm³/mol. The molecular weight excluding hydrogens is 613 g/mol. The van der Waals surface area contributed by atoms with Crippen LogP contribution < -0.4 is 15.1 Å². The number of nitrogens with zero attached hydrogens (tertiary/aromatic N) is 4. The minimum atomic E-state index is -1.83. The highest BCUT2D eigenvalue weighted by Gasteiger charge is 2.25. The van der Waals surface area contributed by atoms with Crippen LogP contribution in [0.25, 0.3) is 61.1 Å². The van der Waals surface area contributed by atoms with E-state index in [1.165, 1.54) is 5.19 Å². The zero-order valence-electron chi connectivity index (χ0n) is 27.5. The van der Waals surface area contributed by atoms with Gasteiger partial charge in [-0.05, 0) is 36.4 Å². The molecule has 0 saturated heterocycles. The molecule has 232 valence electrons. The maximum atomic E-state index is 6.58. The molecule has 8 aromatic rings. The first kappa shape index (κ1) is 29.4. The summed E-state index contributed by atoms with van der Waals surface area (Å²) in [4.78, 5) is 15.1. The zero-order valence-corrected chi connectivity index (χ0v) is 29.5. The fourth-order valence-corrected chi connectivity index (χ4v) is 8.81. The van der Waals surface area contributed by atoms with Crippen LogP contribution in [-0.2, 0) is 0 Å². The summed E-state index contributed by atoms with van der Waals surface area (Å²) in [6.45, 7) is 14.0. The highest BCUT2D eigenvalue weighted by molar-refractivity contribution is 6.89. The molecule has 0 fully saturated rings. The number of imidazole rings is 1. The smallest absolute Gasteiger partial charge is 0.221 e. The molecule has 8 heteroatoms. The molecule has 0 spiro atoms. The lowest BCUT2D eigenvalue weighted by atomic mass is 10.1. The van der Waals surface area contributed by atoms with Gasteiger partial charge in [0.05, 0.1) is 44.0 Å². The van der Waals surface area contributed by atoms with Crippen molar-refractivity contribution in [1.29, 1.82) is 0 Å². The Labute approximate surface area is 275 Å². The van der Waals surface area contributed by atoms with Gasteiger partial charge in [-0.3, -0.25) is 4.40 Å². The van der Waals surface area contributed by atoms with Gasteiger partial charge in [-0.2, -0.15) is 0 Å². The topological polar surface area (TPSA) is 65.5 Å². The summed E-state index contributed by atoms with van der Waals surface area (Å²) in [5.74, 6) is 1.12. The SMILES string of the molecule is C[Si](C)(C)c1ccc(-c2cccc(Oc3nc(-c4cccc5c4oc4ccn6c7ccccc7nc6c45)ccc3[Si](C)(C)C)n2)cc1. The van der Waals surface area contributed by atoms with Crippen molar-refractivity contribution in [2.75, 3.05) is 0 Å². The number of aromatic nitrogens is 4. The molecule has 0 aliphatic carbocycles. The Morgan fingerprint density at radius 1 is 0.660 bits per heavy atom. The number of fused-ring (bicyclic) bond motifs is 7. The average molecular weight is 649 g/mol. The molecule has 8 rings (SSSR count). The number of hydrogen-bond donors (Lipinski definition) is 0. The van der Waals surface area contributed by atoms with Crippen LogP contribution in [0.3, 0.4) is 0 Å². The standard InChI is InChI=1S/C39H36N4O2Si2/c1-46(2,3)26-19-17-25(18-20-26)29-14-10-16-35(40-29)45-39-34(47(4,5)6)22-21-30(42-39)27-11-9-12-28-36-33(44-37(27)28)23-24-43-32-15-8-7-13-31(32)41-38(36)43/h7-24H,1-6H3. The quantitative estimate of drug-likeness (QED) is 0.168. The molecule has 0 atom stereocenters. The average Bonchev–Trinajstić information content (AvgIpc) is 3.62. The third kappa shape index (κ3) is 5.14. The number of rotatable bonds is 6. The van der Waals surface area contributed by atoms with Gasteiger partial charge >= 0.3 is 0 Å². The van der Waals surface area contributed by atoms with E-state index in [-0.39, 0.29) is 0 Å². The lowest BCUT2D eigenvalue weighted by Crippen LogP contribution is -2.39. The Bertz CT molecular complexity index is 2470. The van der Waals surface area contributed by atoms with Gasteiger partial charge in [0.2, 0.25) is 11.8 Å². The van der Waals surface area contributed by atoms with E-state index in [1.54, 1.807) is 0 Å². The molecule has 0 amide bonds. The van der Waals surface area contributed by atoms with Gasteiger partial charge in [-0.25, -0.2) is 15.0 Å². The summed E-state index contributed by atoms with van der Waals surface area (Å²) in [5.41, 5.74) is 8.12. The van der Waals surface area contributed by atoms with Crippen molar-refractivity contribution in [1.82, 2.24) is 19.4 Å². The van der Waals surface area contributed by atoms with Crippen molar-refractivity contribution >= 4 is 65.1 Å². The normalized spacial score (nSPS) is 12.5. The van der Waals surface area contributed by atoms with Gasteiger partial charge in [0.15, 0.2) is 0 Å². The summed E-state index contributed by atoms with van der Waals surface area (Å²) < 4.78 is 15.3. The largest absolute Gasteiger partial charge is 0.455 e. The Morgan fingerprint density at radius 2 is 1.45 bits per heavy atom. The Balaban J connectivity index is 1.22. The Kier molecular flexibility index (Phi) is 6.72. The summed E-state index contributed by atoms with van der Waals surface area (Å²) in [7, 11) is -3.21. The van der Waals surface area contributed by atoms with Gasteiger partial charge in [0.25, 0.3) is 0 Å². The molecule has 0 bridgehead atoms. The minimum Gasteiger partial charge on any atom is -0.455 e. The van der Waals surface area contributed by atoms with Gasteiger partial charge in [0, 0.05) is 34.0 Å². The van der Waals surface area contributed by atoms with E-state index in [9.17, 15) is 0 Å². The van der Waals surface area contributed by atoms with Gasteiger partial charge in [-0.15, -0.1) is 0 Å². The summed E-state index contributed by atoms with van der Waals surface area (Å²) in [6, 6.07) is 35.4. The van der Waals surface area contributed by atoms with E-state index in [0.29, 0.717) is 11.8 Å². The molecule has 0 N–H and O–H groups in total. The molecular formula is C39H36N4O2Si2. The van der Waals surface area contributed by atoms with E-state index in [4.69, 9.17) is 24.1 Å². The molecule has 3 aromatic carbocycles. The number of pyridine rings is 3. The van der Waals surface area contributed by atoms with Gasteiger partial charge in [0.1, 0.15) is 16.8 Å². The Hall–Kier alpha value is -5.06. The highest BCUT2D eigenvalue weighted by Crippen LogP contribution is 2.38. The molecule has 0 aliphatic rings. The molecule has 5 heterocycles. The maximum Gasteiger partial charge on any atom is 0.221 e. The van der Waals surface area contributed by atoms with E-state index >= 15 is 0 Å². The van der Waals surface area contributed by atoms with Crippen molar-refractivity contribution < 1.29 is 9.15 Å². The number of ether oxygens (including phenoxy) is 1. The van der Waals surface area contributed by atoms with E-state index in [0.717, 1.165) is 66.3 Å². The van der Waals surface area contributed by atoms with Gasteiger partial charge < -0.3 is 9.15 Å². The van der Waals surface area contributed by atoms with Crippen LogP contribution in [0.15, 0.2) is 114 Å². The molecule has 0 radical (unpaired) electrons. The first-order chi connectivity index (χ1) is 22.5. The molecule has 47 heavy (non-hydrogen) atoms. The minimum absolute atomic E-state index is 0.525. The van der Waals surface area contributed by atoms with Crippen LogP contribution in [0, 0.1) is 0 Å². The summed E-state index contributed by atoms with van der Waals surface area (Å²) in [5, 5.41) is 4.56. The molecule has 0 aliphatic heterocycles. The lowest BCUT2D eigenvalue weighted by molar-refractivity contribution is 0.449. The molecule has 6 nitrogen and oxygen atoms in total. The van der Waals surface area contributed by atoms with Gasteiger partial charge in [-0.1, -0.05) is 105 Å². The monoisotopic (exact) mass is 648 g/mol.